The van der Waals surface area contributed by atoms with E-state index in [0.29, 0.717) is 17.0 Å². The molecule has 0 bridgehead atoms. The van der Waals surface area contributed by atoms with Gasteiger partial charge in [0.05, 0.1) is 18.7 Å². The summed E-state index contributed by atoms with van der Waals surface area (Å²) < 4.78 is 4.81. The molecule has 0 fully saturated rings. The Bertz CT molecular complexity index is 510. The fourth-order valence-corrected chi connectivity index (χ4v) is 3.48. The van der Waals surface area contributed by atoms with E-state index < -0.39 is 6.04 Å². The third-order valence-corrected chi connectivity index (χ3v) is 4.53. The van der Waals surface area contributed by atoms with Crippen LogP contribution in [0.15, 0.2) is 0 Å². The van der Waals surface area contributed by atoms with Crippen LogP contribution in [0.5, 0.6) is 0 Å². The van der Waals surface area contributed by atoms with Gasteiger partial charge in [0.15, 0.2) is 0 Å². The molecular formula is C13H18N2O3S. The van der Waals surface area contributed by atoms with Crippen LogP contribution in [0.3, 0.4) is 0 Å². The van der Waals surface area contributed by atoms with E-state index >= 15 is 0 Å². The van der Waals surface area contributed by atoms with Crippen LogP contribution in [0.25, 0.3) is 0 Å². The van der Waals surface area contributed by atoms with Gasteiger partial charge in [-0.05, 0) is 31.2 Å². The Hall–Kier alpha value is -1.40. The van der Waals surface area contributed by atoms with Crippen LogP contribution < -0.4 is 11.1 Å². The average molecular weight is 282 g/mol. The zero-order valence-electron chi connectivity index (χ0n) is 11.1. The van der Waals surface area contributed by atoms with E-state index in [2.05, 4.69) is 5.32 Å². The van der Waals surface area contributed by atoms with Crippen molar-refractivity contribution in [3.8, 4) is 0 Å². The number of rotatable bonds is 4. The van der Waals surface area contributed by atoms with E-state index in [1.54, 1.807) is 0 Å². The average Bonchev–Trinajstić information content (AvgIpc) is 2.96. The number of esters is 1. The van der Waals surface area contributed by atoms with E-state index in [1.807, 2.05) is 6.92 Å². The number of ether oxygens (including phenoxy) is 1. The third kappa shape index (κ3) is 2.64. The first-order valence-electron chi connectivity index (χ1n) is 6.37. The van der Waals surface area contributed by atoms with Crippen LogP contribution >= 0.6 is 11.3 Å². The lowest BCUT2D eigenvalue weighted by atomic mass is 10.1. The number of hydrogen-bond donors (Lipinski definition) is 2. The smallest absolute Gasteiger partial charge is 0.341 e. The van der Waals surface area contributed by atoms with Crippen molar-refractivity contribution in [3.63, 3.8) is 0 Å². The van der Waals surface area contributed by atoms with Gasteiger partial charge >= 0.3 is 5.97 Å². The molecule has 0 aliphatic heterocycles. The summed E-state index contributed by atoms with van der Waals surface area (Å²) >= 11 is 1.46. The highest BCUT2D eigenvalue weighted by molar-refractivity contribution is 7.17. The highest BCUT2D eigenvalue weighted by atomic mass is 32.1. The second-order valence-corrected chi connectivity index (χ2v) is 5.66. The molecular weight excluding hydrogens is 264 g/mol. The van der Waals surface area contributed by atoms with Gasteiger partial charge < -0.3 is 15.8 Å². The van der Waals surface area contributed by atoms with Gasteiger partial charge in [-0.15, -0.1) is 11.3 Å². The molecule has 1 aromatic heterocycles. The van der Waals surface area contributed by atoms with Crippen molar-refractivity contribution in [1.82, 2.24) is 0 Å². The highest BCUT2D eigenvalue weighted by Gasteiger charge is 2.28. The standard InChI is InChI=1S/C13H18N2O3S/c1-3-8(14)11(16)15-12-10(13(17)18-2)7-5-4-6-9(7)19-12/h8H,3-6,14H2,1-2H3,(H,15,16). The number of nitrogens with two attached hydrogens (primary N) is 1. The van der Waals surface area contributed by atoms with Crippen molar-refractivity contribution >= 4 is 28.2 Å². The number of anilines is 1. The predicted molar refractivity (Wildman–Crippen MR) is 74.6 cm³/mol. The number of carbonyl (C=O) groups excluding carboxylic acids is 2. The molecule has 104 valence electrons. The topological polar surface area (TPSA) is 81.4 Å². The van der Waals surface area contributed by atoms with Gasteiger partial charge in [-0.25, -0.2) is 4.79 Å². The number of thiophene rings is 1. The molecule has 1 amide bonds. The molecule has 19 heavy (non-hydrogen) atoms. The number of aryl methyl sites for hydroxylation is 1. The summed E-state index contributed by atoms with van der Waals surface area (Å²) in [5.74, 6) is -0.646. The van der Waals surface area contributed by atoms with Gasteiger partial charge in [-0.1, -0.05) is 6.92 Å². The van der Waals surface area contributed by atoms with Crippen molar-refractivity contribution in [1.29, 1.82) is 0 Å². The lowest BCUT2D eigenvalue weighted by Gasteiger charge is -2.10. The summed E-state index contributed by atoms with van der Waals surface area (Å²) in [4.78, 5) is 24.9. The van der Waals surface area contributed by atoms with Crippen molar-refractivity contribution in [2.75, 3.05) is 12.4 Å². The molecule has 6 heteroatoms. The van der Waals surface area contributed by atoms with Crippen LogP contribution in [-0.2, 0) is 22.4 Å². The maximum Gasteiger partial charge on any atom is 0.341 e. The van der Waals surface area contributed by atoms with Gasteiger partial charge in [0, 0.05) is 4.88 Å². The van der Waals surface area contributed by atoms with Crippen molar-refractivity contribution in [3.05, 3.63) is 16.0 Å². The first-order valence-corrected chi connectivity index (χ1v) is 7.19. The molecule has 1 unspecified atom stereocenters. The summed E-state index contributed by atoms with van der Waals surface area (Å²) in [6.45, 7) is 1.85. The molecule has 3 N–H and O–H groups in total. The zero-order chi connectivity index (χ0) is 14.0. The minimum atomic E-state index is -0.553. The van der Waals surface area contributed by atoms with E-state index in [1.165, 1.54) is 23.3 Å². The summed E-state index contributed by atoms with van der Waals surface area (Å²) in [7, 11) is 1.35. The third-order valence-electron chi connectivity index (χ3n) is 3.32. The number of carbonyl (C=O) groups is 2. The maximum atomic E-state index is 11.9. The van der Waals surface area contributed by atoms with Crippen molar-refractivity contribution < 1.29 is 14.3 Å². The molecule has 2 rings (SSSR count). The molecule has 5 nitrogen and oxygen atoms in total. The number of nitrogens with one attached hydrogen (secondary N) is 1. The maximum absolute atomic E-state index is 11.9. The molecule has 0 radical (unpaired) electrons. The van der Waals surface area contributed by atoms with E-state index in [4.69, 9.17) is 10.5 Å². The van der Waals surface area contributed by atoms with Crippen LogP contribution in [0, 0.1) is 0 Å². The van der Waals surface area contributed by atoms with Crippen LogP contribution in [-0.4, -0.2) is 25.0 Å². The van der Waals surface area contributed by atoms with E-state index in [0.717, 1.165) is 24.8 Å². The largest absolute Gasteiger partial charge is 0.465 e. The van der Waals surface area contributed by atoms with Crippen LogP contribution in [0.2, 0.25) is 0 Å². The van der Waals surface area contributed by atoms with Gasteiger partial charge in [0.25, 0.3) is 0 Å². The first-order chi connectivity index (χ1) is 9.08. The molecule has 1 heterocycles. The lowest BCUT2D eigenvalue weighted by molar-refractivity contribution is -0.117. The molecule has 0 spiro atoms. The number of hydrogen-bond acceptors (Lipinski definition) is 5. The summed E-state index contributed by atoms with van der Waals surface area (Å²) in [5, 5.41) is 3.33. The van der Waals surface area contributed by atoms with E-state index in [-0.39, 0.29) is 11.9 Å². The number of fused-ring (bicyclic) bond motifs is 1. The predicted octanol–water partition coefficient (Wildman–Crippen LogP) is 1.70. The SMILES string of the molecule is CCC(N)C(=O)Nc1sc2c(c1C(=O)OC)CCC2. The van der Waals surface area contributed by atoms with Gasteiger partial charge in [-0.2, -0.15) is 0 Å². The van der Waals surface area contributed by atoms with Gasteiger partial charge in [0.1, 0.15) is 5.00 Å². The molecule has 1 aliphatic carbocycles. The quantitative estimate of drug-likeness (QED) is 0.824. The molecule has 0 saturated heterocycles. The minimum absolute atomic E-state index is 0.257. The molecule has 1 aromatic rings. The Morgan fingerprint density at radius 2 is 2.21 bits per heavy atom. The molecule has 1 atom stereocenters. The highest BCUT2D eigenvalue weighted by Crippen LogP contribution is 2.39. The second kappa shape index (κ2) is 5.71. The number of amides is 1. The summed E-state index contributed by atoms with van der Waals surface area (Å²) in [5.41, 5.74) is 7.23. The Morgan fingerprint density at radius 1 is 1.47 bits per heavy atom. The van der Waals surface area contributed by atoms with Crippen LogP contribution in [0.4, 0.5) is 5.00 Å². The fraction of sp³-hybridized carbons (Fsp3) is 0.538. The zero-order valence-corrected chi connectivity index (χ0v) is 11.9. The summed E-state index contributed by atoms with van der Waals surface area (Å²) in [6, 6.07) is -0.553. The molecule has 1 aliphatic rings. The molecule has 0 saturated carbocycles. The van der Waals surface area contributed by atoms with Crippen molar-refractivity contribution in [2.45, 2.75) is 38.6 Å². The van der Waals surface area contributed by atoms with E-state index in [9.17, 15) is 9.59 Å². The fourth-order valence-electron chi connectivity index (χ4n) is 2.20. The molecule has 0 aromatic carbocycles. The number of methoxy groups -OCH3 is 1. The Morgan fingerprint density at radius 3 is 2.84 bits per heavy atom. The Kier molecular flexibility index (Phi) is 4.21. The van der Waals surface area contributed by atoms with Gasteiger partial charge in [-0.3, -0.25) is 4.79 Å². The first kappa shape index (κ1) is 14.0. The monoisotopic (exact) mass is 282 g/mol. The van der Waals surface area contributed by atoms with Crippen LogP contribution in [0.1, 0.15) is 40.6 Å². The normalized spacial score (nSPS) is 14.9. The Balaban J connectivity index is 2.30. The van der Waals surface area contributed by atoms with Gasteiger partial charge in [0.2, 0.25) is 5.91 Å². The second-order valence-electron chi connectivity index (χ2n) is 4.56. The summed E-state index contributed by atoms with van der Waals surface area (Å²) in [6.07, 6.45) is 3.43. The Labute approximate surface area is 116 Å². The van der Waals surface area contributed by atoms with Crippen molar-refractivity contribution in [2.24, 2.45) is 5.73 Å². The minimum Gasteiger partial charge on any atom is -0.465 e. The lowest BCUT2D eigenvalue weighted by Crippen LogP contribution is -2.35.